The molecule has 0 aromatic carbocycles. The number of carboxylic acids is 1. The highest BCUT2D eigenvalue weighted by Gasteiger charge is 2.27. The Labute approximate surface area is 120 Å². The Morgan fingerprint density at radius 1 is 1.20 bits per heavy atom. The maximum absolute atomic E-state index is 12.1. The van der Waals surface area contributed by atoms with Crippen molar-refractivity contribution in [2.45, 2.75) is 38.6 Å². The van der Waals surface area contributed by atoms with Gasteiger partial charge in [-0.3, -0.25) is 4.79 Å². The minimum Gasteiger partial charge on any atom is -0.481 e. The highest BCUT2D eigenvalue weighted by atomic mass is 16.4. The minimum absolute atomic E-state index is 0.0551. The summed E-state index contributed by atoms with van der Waals surface area (Å²) in [6.45, 7) is 6.27. The zero-order valence-corrected chi connectivity index (χ0v) is 12.2. The topological polar surface area (TPSA) is 72.9 Å². The van der Waals surface area contributed by atoms with Crippen LogP contribution in [0.4, 0.5) is 4.79 Å². The van der Waals surface area contributed by atoms with Gasteiger partial charge in [-0.15, -0.1) is 0 Å². The largest absolute Gasteiger partial charge is 0.481 e. The molecular weight excluding hydrogens is 258 g/mol. The summed E-state index contributed by atoms with van der Waals surface area (Å²) in [5.74, 6) is -1.03. The lowest BCUT2D eigenvalue weighted by atomic mass is 9.97. The van der Waals surface area contributed by atoms with E-state index >= 15 is 0 Å². The van der Waals surface area contributed by atoms with Crippen molar-refractivity contribution < 1.29 is 14.7 Å². The lowest BCUT2D eigenvalue weighted by Crippen LogP contribution is -2.50. The molecule has 2 rings (SSSR count). The number of nitrogens with one attached hydrogen (secondary N) is 1. The van der Waals surface area contributed by atoms with E-state index in [0.29, 0.717) is 25.9 Å². The summed E-state index contributed by atoms with van der Waals surface area (Å²) in [5.41, 5.74) is 0. The van der Waals surface area contributed by atoms with Crippen molar-refractivity contribution >= 4 is 12.0 Å². The van der Waals surface area contributed by atoms with Crippen LogP contribution in [-0.4, -0.2) is 65.7 Å². The van der Waals surface area contributed by atoms with Crippen LogP contribution in [0, 0.1) is 5.92 Å². The van der Waals surface area contributed by atoms with Crippen molar-refractivity contribution in [1.29, 1.82) is 0 Å². The summed E-state index contributed by atoms with van der Waals surface area (Å²) < 4.78 is 0. The number of amides is 2. The minimum atomic E-state index is -0.743. The molecule has 0 spiro atoms. The van der Waals surface area contributed by atoms with Crippen LogP contribution >= 0.6 is 0 Å². The molecule has 2 fully saturated rings. The van der Waals surface area contributed by atoms with Gasteiger partial charge in [0, 0.05) is 25.7 Å². The summed E-state index contributed by atoms with van der Waals surface area (Å²) in [5, 5.41) is 12.0. The van der Waals surface area contributed by atoms with Crippen molar-refractivity contribution in [3.05, 3.63) is 0 Å². The molecule has 0 saturated carbocycles. The molecule has 2 saturated heterocycles. The standard InChI is InChI=1S/C14H25N3O3/c1-11(10-16-6-2-3-7-16)15-14(20)17-8-4-12(5-9-17)13(18)19/h11-12H,2-10H2,1H3,(H,15,20)(H,18,19). The molecular formula is C14H25N3O3. The number of carbonyl (C=O) groups is 2. The molecule has 0 bridgehead atoms. The van der Waals surface area contributed by atoms with Crippen LogP contribution in [0.2, 0.25) is 0 Å². The van der Waals surface area contributed by atoms with E-state index in [0.717, 1.165) is 19.6 Å². The first kappa shape index (κ1) is 15.1. The zero-order valence-electron chi connectivity index (χ0n) is 12.2. The van der Waals surface area contributed by atoms with E-state index in [1.54, 1.807) is 4.90 Å². The van der Waals surface area contributed by atoms with Gasteiger partial charge in [-0.1, -0.05) is 0 Å². The van der Waals surface area contributed by atoms with E-state index < -0.39 is 5.97 Å². The molecule has 2 N–H and O–H groups in total. The molecule has 20 heavy (non-hydrogen) atoms. The summed E-state index contributed by atoms with van der Waals surface area (Å²) >= 11 is 0. The first-order chi connectivity index (χ1) is 9.56. The Kier molecular flexibility index (Phi) is 5.23. The van der Waals surface area contributed by atoms with E-state index in [2.05, 4.69) is 10.2 Å². The van der Waals surface area contributed by atoms with E-state index in [1.165, 1.54) is 12.8 Å². The lowest BCUT2D eigenvalue weighted by molar-refractivity contribution is -0.143. The van der Waals surface area contributed by atoms with Gasteiger partial charge in [0.2, 0.25) is 0 Å². The second-order valence-electron chi connectivity index (χ2n) is 5.96. The van der Waals surface area contributed by atoms with Crippen LogP contribution in [0.3, 0.4) is 0 Å². The molecule has 1 atom stereocenters. The summed E-state index contributed by atoms with van der Waals surface area (Å²) in [6.07, 6.45) is 3.62. The van der Waals surface area contributed by atoms with Crippen LogP contribution in [0.5, 0.6) is 0 Å². The normalized spacial score (nSPS) is 22.8. The molecule has 2 aliphatic rings. The monoisotopic (exact) mass is 283 g/mol. The smallest absolute Gasteiger partial charge is 0.317 e. The Balaban J connectivity index is 1.70. The Morgan fingerprint density at radius 3 is 2.35 bits per heavy atom. The van der Waals surface area contributed by atoms with Gasteiger partial charge in [-0.05, 0) is 45.7 Å². The van der Waals surface area contributed by atoms with Crippen molar-refractivity contribution in [2.75, 3.05) is 32.7 Å². The van der Waals surface area contributed by atoms with Gasteiger partial charge >= 0.3 is 12.0 Å². The first-order valence-corrected chi connectivity index (χ1v) is 7.57. The third-order valence-electron chi connectivity index (χ3n) is 4.23. The lowest BCUT2D eigenvalue weighted by Gasteiger charge is -2.31. The van der Waals surface area contributed by atoms with Gasteiger partial charge in [-0.25, -0.2) is 4.79 Å². The van der Waals surface area contributed by atoms with E-state index in [-0.39, 0.29) is 18.0 Å². The van der Waals surface area contributed by atoms with Crippen molar-refractivity contribution in [1.82, 2.24) is 15.1 Å². The number of urea groups is 1. The van der Waals surface area contributed by atoms with Crippen molar-refractivity contribution in [3.8, 4) is 0 Å². The molecule has 0 aliphatic carbocycles. The number of likely N-dealkylation sites (tertiary alicyclic amines) is 2. The number of hydrogen-bond donors (Lipinski definition) is 2. The summed E-state index contributed by atoms with van der Waals surface area (Å²) in [4.78, 5) is 27.1. The number of piperidine rings is 1. The van der Waals surface area contributed by atoms with E-state index in [1.807, 2.05) is 6.92 Å². The predicted octanol–water partition coefficient (Wildman–Crippen LogP) is 0.977. The fraction of sp³-hybridized carbons (Fsp3) is 0.857. The molecule has 6 heteroatoms. The molecule has 114 valence electrons. The maximum Gasteiger partial charge on any atom is 0.317 e. The van der Waals surface area contributed by atoms with Crippen LogP contribution in [0.1, 0.15) is 32.6 Å². The van der Waals surface area contributed by atoms with Crippen LogP contribution < -0.4 is 5.32 Å². The van der Waals surface area contributed by atoms with Gasteiger partial charge in [-0.2, -0.15) is 0 Å². The Bertz CT molecular complexity index is 348. The fourth-order valence-electron chi connectivity index (χ4n) is 3.03. The highest BCUT2D eigenvalue weighted by molar-refractivity contribution is 5.75. The number of hydrogen-bond acceptors (Lipinski definition) is 3. The SMILES string of the molecule is CC(CN1CCCC1)NC(=O)N1CCC(C(=O)O)CC1. The molecule has 2 heterocycles. The third kappa shape index (κ3) is 4.10. The molecule has 2 amide bonds. The van der Waals surface area contributed by atoms with Gasteiger partial charge in [0.1, 0.15) is 0 Å². The number of rotatable bonds is 4. The molecule has 6 nitrogen and oxygen atoms in total. The van der Waals surface area contributed by atoms with Crippen molar-refractivity contribution in [3.63, 3.8) is 0 Å². The Morgan fingerprint density at radius 2 is 1.80 bits per heavy atom. The number of carbonyl (C=O) groups excluding carboxylic acids is 1. The maximum atomic E-state index is 12.1. The first-order valence-electron chi connectivity index (χ1n) is 7.57. The number of carboxylic acid groups (broad SMARTS) is 1. The number of nitrogens with zero attached hydrogens (tertiary/aromatic N) is 2. The van der Waals surface area contributed by atoms with Gasteiger partial charge < -0.3 is 20.2 Å². The molecule has 0 aromatic rings. The average molecular weight is 283 g/mol. The quantitative estimate of drug-likeness (QED) is 0.806. The third-order valence-corrected chi connectivity index (χ3v) is 4.23. The summed E-state index contributed by atoms with van der Waals surface area (Å²) in [7, 11) is 0. The van der Waals surface area contributed by atoms with Gasteiger partial charge in [0.15, 0.2) is 0 Å². The fourth-order valence-corrected chi connectivity index (χ4v) is 3.03. The van der Waals surface area contributed by atoms with E-state index in [4.69, 9.17) is 5.11 Å². The average Bonchev–Trinajstić information content (AvgIpc) is 2.91. The molecule has 1 unspecified atom stereocenters. The second kappa shape index (κ2) is 6.92. The molecule has 0 aromatic heterocycles. The van der Waals surface area contributed by atoms with Gasteiger partial charge in [0.25, 0.3) is 0 Å². The summed E-state index contributed by atoms with van der Waals surface area (Å²) in [6, 6.07) is 0.0818. The molecule has 2 aliphatic heterocycles. The highest BCUT2D eigenvalue weighted by Crippen LogP contribution is 2.17. The second-order valence-corrected chi connectivity index (χ2v) is 5.96. The van der Waals surface area contributed by atoms with Crippen molar-refractivity contribution in [2.24, 2.45) is 5.92 Å². The van der Waals surface area contributed by atoms with Crippen LogP contribution in [0.25, 0.3) is 0 Å². The number of aliphatic carboxylic acids is 1. The predicted molar refractivity (Wildman–Crippen MR) is 75.6 cm³/mol. The molecule has 0 radical (unpaired) electrons. The van der Waals surface area contributed by atoms with Crippen LogP contribution in [0.15, 0.2) is 0 Å². The van der Waals surface area contributed by atoms with E-state index in [9.17, 15) is 9.59 Å². The van der Waals surface area contributed by atoms with Crippen LogP contribution in [-0.2, 0) is 4.79 Å². The zero-order chi connectivity index (χ0) is 14.5. The van der Waals surface area contributed by atoms with Gasteiger partial charge in [0.05, 0.1) is 5.92 Å². The Hall–Kier alpha value is -1.30.